The first-order chi connectivity index (χ1) is 8.63. The maximum atomic E-state index is 13.6. The van der Waals surface area contributed by atoms with Gasteiger partial charge in [-0.25, -0.2) is 4.39 Å². The second-order valence-corrected chi connectivity index (χ2v) is 4.16. The average Bonchev–Trinajstić information content (AvgIpc) is 2.71. The number of aromatic nitrogens is 3. The summed E-state index contributed by atoms with van der Waals surface area (Å²) in [6.45, 7) is 3.70. The van der Waals surface area contributed by atoms with E-state index in [1.165, 1.54) is 10.7 Å². The van der Waals surface area contributed by atoms with Gasteiger partial charge in [-0.1, -0.05) is 25.1 Å². The van der Waals surface area contributed by atoms with Crippen molar-refractivity contribution in [2.75, 3.05) is 0 Å². The Morgan fingerprint density at radius 1 is 1.50 bits per heavy atom. The SMILES string of the molecule is CCc1n[nH]c(=S)n1/N=C(/C)c1ccccc1F. The van der Waals surface area contributed by atoms with Gasteiger partial charge in [0.05, 0.1) is 5.71 Å². The van der Waals surface area contributed by atoms with E-state index < -0.39 is 0 Å². The average molecular weight is 264 g/mol. The van der Waals surface area contributed by atoms with Crippen LogP contribution in [0.2, 0.25) is 0 Å². The molecule has 0 bridgehead atoms. The van der Waals surface area contributed by atoms with Crippen LogP contribution in [0, 0.1) is 10.6 Å². The lowest BCUT2D eigenvalue weighted by molar-refractivity contribution is 0.624. The predicted octanol–water partition coefficient (Wildman–Crippen LogP) is 2.91. The largest absolute Gasteiger partial charge is 0.250 e. The molecular weight excluding hydrogens is 251 g/mol. The van der Waals surface area contributed by atoms with E-state index in [4.69, 9.17) is 12.2 Å². The van der Waals surface area contributed by atoms with Crippen LogP contribution in [0.1, 0.15) is 25.2 Å². The predicted molar refractivity (Wildman–Crippen MR) is 70.8 cm³/mol. The monoisotopic (exact) mass is 264 g/mol. The van der Waals surface area contributed by atoms with Crippen molar-refractivity contribution in [2.24, 2.45) is 5.10 Å². The number of aryl methyl sites for hydroxylation is 1. The van der Waals surface area contributed by atoms with Gasteiger partial charge in [-0.15, -0.1) is 0 Å². The minimum Gasteiger partial charge on any atom is -0.250 e. The Balaban J connectivity index is 2.48. The summed E-state index contributed by atoms with van der Waals surface area (Å²) >= 11 is 5.08. The van der Waals surface area contributed by atoms with Crippen LogP contribution >= 0.6 is 12.2 Å². The fraction of sp³-hybridized carbons (Fsp3) is 0.250. The molecule has 18 heavy (non-hydrogen) atoms. The Morgan fingerprint density at radius 3 is 2.89 bits per heavy atom. The van der Waals surface area contributed by atoms with E-state index in [1.807, 2.05) is 6.92 Å². The van der Waals surface area contributed by atoms with Crippen molar-refractivity contribution in [1.29, 1.82) is 0 Å². The Kier molecular flexibility index (Phi) is 3.66. The van der Waals surface area contributed by atoms with Crippen LogP contribution in [0.3, 0.4) is 0 Å². The first kappa shape index (κ1) is 12.6. The Labute approximate surface area is 109 Å². The molecule has 0 atom stereocenters. The van der Waals surface area contributed by atoms with Crippen molar-refractivity contribution < 1.29 is 4.39 Å². The van der Waals surface area contributed by atoms with Crippen LogP contribution in [-0.4, -0.2) is 20.6 Å². The summed E-state index contributed by atoms with van der Waals surface area (Å²) in [7, 11) is 0. The molecule has 0 radical (unpaired) electrons. The minimum atomic E-state index is -0.299. The normalized spacial score (nSPS) is 11.8. The van der Waals surface area contributed by atoms with Gasteiger partial charge in [0.1, 0.15) is 5.82 Å². The zero-order chi connectivity index (χ0) is 13.1. The number of benzene rings is 1. The van der Waals surface area contributed by atoms with Gasteiger partial charge in [-0.3, -0.25) is 5.10 Å². The standard InChI is InChI=1S/C12H13FN4S/c1-3-11-14-15-12(18)17(11)16-8(2)9-6-4-5-7-10(9)13/h4-7H,3H2,1-2H3,(H,15,18)/b16-8-. The molecule has 1 heterocycles. The van der Waals surface area contributed by atoms with E-state index in [-0.39, 0.29) is 5.82 Å². The number of nitrogens with zero attached hydrogens (tertiary/aromatic N) is 3. The summed E-state index contributed by atoms with van der Waals surface area (Å²) in [5.74, 6) is 0.419. The highest BCUT2D eigenvalue weighted by molar-refractivity contribution is 7.71. The van der Waals surface area contributed by atoms with Crippen LogP contribution < -0.4 is 0 Å². The first-order valence-corrected chi connectivity index (χ1v) is 6.01. The Hall–Kier alpha value is -1.82. The van der Waals surface area contributed by atoms with Gasteiger partial charge in [0.2, 0.25) is 4.77 Å². The second-order valence-electron chi connectivity index (χ2n) is 3.78. The molecule has 0 aliphatic heterocycles. The fourth-order valence-corrected chi connectivity index (χ4v) is 1.81. The van der Waals surface area contributed by atoms with E-state index in [2.05, 4.69) is 15.3 Å². The number of H-pyrrole nitrogens is 1. The van der Waals surface area contributed by atoms with E-state index >= 15 is 0 Å². The van der Waals surface area contributed by atoms with E-state index in [0.29, 0.717) is 22.5 Å². The van der Waals surface area contributed by atoms with Crippen LogP contribution in [0.15, 0.2) is 29.4 Å². The van der Waals surface area contributed by atoms with Gasteiger partial charge in [0.15, 0.2) is 5.82 Å². The molecule has 2 aromatic rings. The number of nitrogens with one attached hydrogen (secondary N) is 1. The zero-order valence-corrected chi connectivity index (χ0v) is 11.0. The van der Waals surface area contributed by atoms with E-state index in [0.717, 1.165) is 5.82 Å². The lowest BCUT2D eigenvalue weighted by atomic mass is 10.1. The number of hydrogen-bond donors (Lipinski definition) is 1. The lowest BCUT2D eigenvalue weighted by Gasteiger charge is -2.03. The van der Waals surface area contributed by atoms with E-state index in [9.17, 15) is 4.39 Å². The third kappa shape index (κ3) is 2.38. The Morgan fingerprint density at radius 2 is 2.22 bits per heavy atom. The first-order valence-electron chi connectivity index (χ1n) is 5.60. The number of hydrogen-bond acceptors (Lipinski definition) is 3. The highest BCUT2D eigenvalue weighted by atomic mass is 32.1. The topological polar surface area (TPSA) is 46.0 Å². The van der Waals surface area contributed by atoms with Crippen molar-refractivity contribution >= 4 is 17.9 Å². The van der Waals surface area contributed by atoms with Crippen LogP contribution in [0.5, 0.6) is 0 Å². The summed E-state index contributed by atoms with van der Waals surface area (Å²) in [6, 6.07) is 6.51. The lowest BCUT2D eigenvalue weighted by Crippen LogP contribution is -2.04. The molecule has 0 spiro atoms. The molecule has 1 aromatic heterocycles. The van der Waals surface area contributed by atoms with Gasteiger partial charge in [-0.2, -0.15) is 14.9 Å². The number of rotatable bonds is 3. The molecule has 0 saturated carbocycles. The molecule has 0 unspecified atom stereocenters. The summed E-state index contributed by atoms with van der Waals surface area (Å²) in [5.41, 5.74) is 1.02. The van der Waals surface area contributed by atoms with Gasteiger partial charge in [-0.05, 0) is 25.2 Å². The summed E-state index contributed by atoms with van der Waals surface area (Å²) in [4.78, 5) is 0. The van der Waals surface area contributed by atoms with Crippen LogP contribution in [-0.2, 0) is 6.42 Å². The quantitative estimate of drug-likeness (QED) is 0.684. The summed E-state index contributed by atoms with van der Waals surface area (Å²) in [5, 5.41) is 11.0. The van der Waals surface area contributed by atoms with Crippen molar-refractivity contribution in [3.05, 3.63) is 46.2 Å². The molecule has 6 heteroatoms. The number of halogens is 1. The fourth-order valence-electron chi connectivity index (χ4n) is 1.61. The maximum Gasteiger partial charge on any atom is 0.216 e. The summed E-state index contributed by atoms with van der Waals surface area (Å²) in [6.07, 6.45) is 0.696. The zero-order valence-electron chi connectivity index (χ0n) is 10.1. The molecule has 2 rings (SSSR count). The van der Waals surface area contributed by atoms with Crippen LogP contribution in [0.4, 0.5) is 4.39 Å². The molecule has 94 valence electrons. The van der Waals surface area contributed by atoms with Gasteiger partial charge in [0, 0.05) is 12.0 Å². The molecule has 0 saturated heterocycles. The highest BCUT2D eigenvalue weighted by Crippen LogP contribution is 2.09. The van der Waals surface area contributed by atoms with Gasteiger partial charge < -0.3 is 0 Å². The summed E-state index contributed by atoms with van der Waals surface area (Å²) < 4.78 is 15.5. The second kappa shape index (κ2) is 5.22. The van der Waals surface area contributed by atoms with Crippen molar-refractivity contribution in [3.63, 3.8) is 0 Å². The molecule has 4 nitrogen and oxygen atoms in total. The molecule has 1 aromatic carbocycles. The molecule has 0 fully saturated rings. The maximum absolute atomic E-state index is 13.6. The van der Waals surface area contributed by atoms with E-state index in [1.54, 1.807) is 25.1 Å². The molecule has 0 aliphatic rings. The smallest absolute Gasteiger partial charge is 0.216 e. The molecule has 1 N–H and O–H groups in total. The van der Waals surface area contributed by atoms with Crippen LogP contribution in [0.25, 0.3) is 0 Å². The van der Waals surface area contributed by atoms with Crippen molar-refractivity contribution in [3.8, 4) is 0 Å². The highest BCUT2D eigenvalue weighted by Gasteiger charge is 2.07. The minimum absolute atomic E-state index is 0.299. The van der Waals surface area contributed by atoms with Gasteiger partial charge >= 0.3 is 0 Å². The molecule has 0 amide bonds. The third-order valence-electron chi connectivity index (χ3n) is 2.55. The third-order valence-corrected chi connectivity index (χ3v) is 2.81. The van der Waals surface area contributed by atoms with Gasteiger partial charge in [0.25, 0.3) is 0 Å². The molecular formula is C12H13FN4S. The number of aromatic amines is 1. The molecule has 0 aliphatic carbocycles. The van der Waals surface area contributed by atoms with Crippen molar-refractivity contribution in [2.45, 2.75) is 20.3 Å². The Bertz CT molecular complexity index is 642. The van der Waals surface area contributed by atoms with Crippen molar-refractivity contribution in [1.82, 2.24) is 14.9 Å².